The van der Waals surface area contributed by atoms with Gasteiger partial charge in [-0.2, -0.15) is 0 Å². The Morgan fingerprint density at radius 2 is 2.05 bits per heavy atom. The van der Waals surface area contributed by atoms with E-state index in [1.54, 1.807) is 13.2 Å². The third-order valence-electron chi connectivity index (χ3n) is 3.78. The lowest BCUT2D eigenvalue weighted by Gasteiger charge is -2.30. The van der Waals surface area contributed by atoms with Gasteiger partial charge in [0.25, 0.3) is 0 Å². The molecule has 0 aromatic heterocycles. The Balaban J connectivity index is 2.89. The number of nitrogen functional groups attached to an aromatic ring is 1. The van der Waals surface area contributed by atoms with Gasteiger partial charge in [-0.15, -0.1) is 0 Å². The lowest BCUT2D eigenvalue weighted by atomic mass is 10.1. The average molecular weight is 312 g/mol. The smallest absolute Gasteiger partial charge is 0.122 e. The maximum absolute atomic E-state index is 7.46. The molecule has 118 valence electrons. The quantitative estimate of drug-likeness (QED) is 0.543. The van der Waals surface area contributed by atoms with Gasteiger partial charge >= 0.3 is 0 Å². The predicted molar refractivity (Wildman–Crippen MR) is 89.1 cm³/mol. The molecule has 0 aliphatic carbocycles. The van der Waals surface area contributed by atoms with Crippen molar-refractivity contribution in [1.29, 1.82) is 5.41 Å². The van der Waals surface area contributed by atoms with Crippen LogP contribution in [0.25, 0.3) is 0 Å². The topological polar surface area (TPSA) is 62.3 Å². The molecule has 3 N–H and O–H groups in total. The molecule has 0 aliphatic rings. The summed E-state index contributed by atoms with van der Waals surface area (Å²) in [5.74, 6) is 0.0414. The first kappa shape index (κ1) is 18.0. The molecule has 1 aromatic rings. The van der Waals surface area contributed by atoms with Crippen molar-refractivity contribution in [2.24, 2.45) is 5.73 Å². The van der Waals surface area contributed by atoms with Crippen LogP contribution in [0.1, 0.15) is 37.8 Å². The molecule has 1 aromatic carbocycles. The van der Waals surface area contributed by atoms with E-state index in [9.17, 15) is 0 Å². The summed E-state index contributed by atoms with van der Waals surface area (Å²) in [6, 6.07) is 6.09. The second kappa shape index (κ2) is 9.03. The van der Waals surface area contributed by atoms with Crippen LogP contribution in [-0.4, -0.2) is 37.0 Å². The van der Waals surface area contributed by atoms with E-state index in [4.69, 9.17) is 27.5 Å². The van der Waals surface area contributed by atoms with Gasteiger partial charge in [0.1, 0.15) is 5.84 Å². The van der Waals surface area contributed by atoms with Crippen molar-refractivity contribution in [1.82, 2.24) is 4.90 Å². The second-order valence-electron chi connectivity index (χ2n) is 5.15. The molecule has 0 spiro atoms. The summed E-state index contributed by atoms with van der Waals surface area (Å²) >= 11 is 6.33. The van der Waals surface area contributed by atoms with Gasteiger partial charge in [0.2, 0.25) is 0 Å². The lowest BCUT2D eigenvalue weighted by Crippen LogP contribution is -2.36. The largest absolute Gasteiger partial charge is 0.384 e. The molecule has 0 fully saturated rings. The minimum atomic E-state index is 0.0414. The molecule has 0 aliphatic heterocycles. The van der Waals surface area contributed by atoms with E-state index >= 15 is 0 Å². The number of halogens is 1. The van der Waals surface area contributed by atoms with E-state index in [1.165, 1.54) is 0 Å². The maximum Gasteiger partial charge on any atom is 0.122 e. The van der Waals surface area contributed by atoms with Crippen LogP contribution >= 0.6 is 11.6 Å². The molecule has 0 amide bonds. The number of hydrogen-bond donors (Lipinski definition) is 2. The van der Waals surface area contributed by atoms with Gasteiger partial charge in [-0.05, 0) is 24.5 Å². The minimum Gasteiger partial charge on any atom is -0.384 e. The van der Waals surface area contributed by atoms with Crippen LogP contribution in [0.3, 0.4) is 0 Å². The molecular weight excluding hydrogens is 286 g/mol. The SMILES string of the molecule is CCC(CC)N(CCOC)Cc1ccc(C(=N)N)cc1Cl. The normalized spacial score (nSPS) is 11.3. The van der Waals surface area contributed by atoms with Gasteiger partial charge in [-0.25, -0.2) is 0 Å². The average Bonchev–Trinajstić information content (AvgIpc) is 2.47. The zero-order valence-corrected chi connectivity index (χ0v) is 13.9. The molecule has 0 heterocycles. The van der Waals surface area contributed by atoms with E-state index in [2.05, 4.69) is 18.7 Å². The highest BCUT2D eigenvalue weighted by molar-refractivity contribution is 6.31. The Morgan fingerprint density at radius 3 is 2.52 bits per heavy atom. The molecule has 0 saturated heterocycles. The summed E-state index contributed by atoms with van der Waals surface area (Å²) in [5, 5.41) is 8.12. The summed E-state index contributed by atoms with van der Waals surface area (Å²) < 4.78 is 5.21. The summed E-state index contributed by atoms with van der Waals surface area (Å²) in [7, 11) is 1.72. The van der Waals surface area contributed by atoms with Crippen molar-refractivity contribution in [3.8, 4) is 0 Å². The van der Waals surface area contributed by atoms with Gasteiger partial charge < -0.3 is 10.5 Å². The van der Waals surface area contributed by atoms with E-state index < -0.39 is 0 Å². The van der Waals surface area contributed by atoms with Crippen LogP contribution in [0.4, 0.5) is 0 Å². The number of rotatable bonds is 9. The van der Waals surface area contributed by atoms with Crippen molar-refractivity contribution >= 4 is 17.4 Å². The van der Waals surface area contributed by atoms with Gasteiger partial charge in [-0.3, -0.25) is 10.3 Å². The zero-order chi connectivity index (χ0) is 15.8. The molecule has 0 unspecified atom stereocenters. The maximum atomic E-state index is 7.46. The number of amidine groups is 1. The lowest BCUT2D eigenvalue weighted by molar-refractivity contribution is 0.110. The first-order valence-corrected chi connectivity index (χ1v) is 7.77. The summed E-state index contributed by atoms with van der Waals surface area (Å²) in [4.78, 5) is 2.40. The fourth-order valence-electron chi connectivity index (χ4n) is 2.47. The molecular formula is C16H26ClN3O. The highest BCUT2D eigenvalue weighted by Gasteiger charge is 2.16. The van der Waals surface area contributed by atoms with Crippen molar-refractivity contribution < 1.29 is 4.74 Å². The summed E-state index contributed by atoms with van der Waals surface area (Å²) in [5.41, 5.74) is 7.21. The number of nitrogens with two attached hydrogens (primary N) is 1. The summed E-state index contributed by atoms with van der Waals surface area (Å²) in [6.07, 6.45) is 2.20. The third kappa shape index (κ3) is 5.30. The molecule has 4 nitrogen and oxygen atoms in total. The highest BCUT2D eigenvalue weighted by atomic mass is 35.5. The highest BCUT2D eigenvalue weighted by Crippen LogP contribution is 2.21. The number of ether oxygens (including phenoxy) is 1. The molecule has 0 atom stereocenters. The van der Waals surface area contributed by atoms with Crippen LogP contribution in [0, 0.1) is 5.41 Å². The Morgan fingerprint density at radius 1 is 1.38 bits per heavy atom. The van der Waals surface area contributed by atoms with Crippen molar-refractivity contribution in [2.75, 3.05) is 20.3 Å². The van der Waals surface area contributed by atoms with Crippen molar-refractivity contribution in [3.63, 3.8) is 0 Å². The minimum absolute atomic E-state index is 0.0414. The van der Waals surface area contributed by atoms with Gasteiger partial charge in [0, 0.05) is 36.8 Å². The second-order valence-corrected chi connectivity index (χ2v) is 5.56. The fourth-order valence-corrected chi connectivity index (χ4v) is 2.71. The number of nitrogens with zero attached hydrogens (tertiary/aromatic N) is 1. The van der Waals surface area contributed by atoms with Gasteiger partial charge in [0.05, 0.1) is 6.61 Å². The molecule has 5 heteroatoms. The predicted octanol–water partition coefficient (Wildman–Crippen LogP) is 3.26. The Hall–Kier alpha value is -1.10. The number of benzene rings is 1. The van der Waals surface area contributed by atoms with Crippen molar-refractivity contribution in [2.45, 2.75) is 39.3 Å². The molecule has 0 bridgehead atoms. The van der Waals surface area contributed by atoms with Crippen LogP contribution in [-0.2, 0) is 11.3 Å². The Bertz CT molecular complexity index is 461. The molecule has 21 heavy (non-hydrogen) atoms. The van der Waals surface area contributed by atoms with Crippen LogP contribution in [0.2, 0.25) is 5.02 Å². The van der Waals surface area contributed by atoms with E-state index in [-0.39, 0.29) is 5.84 Å². The first-order chi connectivity index (χ1) is 10.0. The van der Waals surface area contributed by atoms with Crippen molar-refractivity contribution in [3.05, 3.63) is 34.3 Å². The Labute approximate surface area is 132 Å². The monoisotopic (exact) mass is 311 g/mol. The Kier molecular flexibility index (Phi) is 7.72. The molecule has 0 radical (unpaired) electrons. The fraction of sp³-hybridized carbons (Fsp3) is 0.562. The summed E-state index contributed by atoms with van der Waals surface area (Å²) in [6.45, 7) is 6.78. The van der Waals surface area contributed by atoms with Gasteiger partial charge in [0.15, 0.2) is 0 Å². The van der Waals surface area contributed by atoms with E-state index in [1.807, 2.05) is 12.1 Å². The first-order valence-electron chi connectivity index (χ1n) is 7.39. The third-order valence-corrected chi connectivity index (χ3v) is 4.13. The van der Waals surface area contributed by atoms with E-state index in [0.717, 1.165) is 31.5 Å². The molecule has 1 rings (SSSR count). The van der Waals surface area contributed by atoms with Crippen LogP contribution in [0.15, 0.2) is 18.2 Å². The standard InChI is InChI=1S/C16H26ClN3O/c1-4-14(5-2)20(8-9-21-3)11-13-7-6-12(16(18)19)10-15(13)17/h6-7,10,14H,4-5,8-9,11H2,1-3H3,(H3,18,19). The van der Waals surface area contributed by atoms with Crippen LogP contribution < -0.4 is 5.73 Å². The van der Waals surface area contributed by atoms with Crippen LogP contribution in [0.5, 0.6) is 0 Å². The van der Waals surface area contributed by atoms with Gasteiger partial charge in [-0.1, -0.05) is 37.6 Å². The number of hydrogen-bond acceptors (Lipinski definition) is 3. The van der Waals surface area contributed by atoms with E-state index in [0.29, 0.717) is 23.2 Å². The number of nitrogens with one attached hydrogen (secondary N) is 1. The zero-order valence-electron chi connectivity index (χ0n) is 13.2. The molecule has 0 saturated carbocycles. The number of methoxy groups -OCH3 is 1.